The topological polar surface area (TPSA) is 120 Å². The number of sulfonamides is 1. The highest BCUT2D eigenvalue weighted by Gasteiger charge is 2.36. The number of nitrogens with zero attached hydrogens (tertiary/aromatic N) is 3. The standard InChI is InChI=1S/C17H12ClF4N5O3S/c18-12-3-1-10(19)5-9(12)6-15(28)25-11-2-4-13(14(7-11)31(23,29)30)27-8-24-16(26-27)17(20,21)22/h1-5,7-8H,6H2,(H,25,28)(H2,23,29,30). The second-order valence-corrected chi connectivity index (χ2v) is 8.14. The molecule has 0 saturated carbocycles. The van der Waals surface area contributed by atoms with Gasteiger partial charge >= 0.3 is 6.18 Å². The summed E-state index contributed by atoms with van der Waals surface area (Å²) in [4.78, 5) is 14.7. The van der Waals surface area contributed by atoms with E-state index in [1.54, 1.807) is 0 Å². The van der Waals surface area contributed by atoms with Gasteiger partial charge in [0.25, 0.3) is 5.82 Å². The second-order valence-electron chi connectivity index (χ2n) is 6.20. The second kappa shape index (κ2) is 8.24. The van der Waals surface area contributed by atoms with Gasteiger partial charge in [0.1, 0.15) is 17.0 Å². The van der Waals surface area contributed by atoms with Crippen molar-refractivity contribution < 1.29 is 30.8 Å². The Balaban J connectivity index is 1.91. The minimum absolute atomic E-state index is 0.0264. The van der Waals surface area contributed by atoms with E-state index in [4.69, 9.17) is 16.7 Å². The summed E-state index contributed by atoms with van der Waals surface area (Å²) in [5, 5.41) is 10.9. The van der Waals surface area contributed by atoms with E-state index in [1.807, 2.05) is 0 Å². The third-order valence-corrected chi connectivity index (χ3v) is 5.21. The smallest absolute Gasteiger partial charge is 0.326 e. The molecular formula is C17H12ClF4N5O3S. The minimum atomic E-state index is -4.83. The van der Waals surface area contributed by atoms with Gasteiger partial charge in [-0.2, -0.15) is 13.2 Å². The summed E-state index contributed by atoms with van der Waals surface area (Å²) in [6, 6.07) is 6.74. The van der Waals surface area contributed by atoms with E-state index >= 15 is 0 Å². The predicted molar refractivity (Wildman–Crippen MR) is 101 cm³/mol. The van der Waals surface area contributed by atoms with Crippen molar-refractivity contribution in [1.29, 1.82) is 0 Å². The van der Waals surface area contributed by atoms with Gasteiger partial charge in [-0.3, -0.25) is 4.79 Å². The third kappa shape index (κ3) is 5.37. The Kier molecular flexibility index (Phi) is 6.02. The number of carbonyl (C=O) groups is 1. The summed E-state index contributed by atoms with van der Waals surface area (Å²) in [6.07, 6.45) is -4.47. The first-order valence-corrected chi connectivity index (χ1v) is 10.2. The van der Waals surface area contributed by atoms with E-state index in [2.05, 4.69) is 15.4 Å². The molecular weight excluding hydrogens is 466 g/mol. The van der Waals surface area contributed by atoms with Crippen LogP contribution in [0.2, 0.25) is 5.02 Å². The molecule has 3 N–H and O–H groups in total. The van der Waals surface area contributed by atoms with E-state index in [-0.39, 0.29) is 28.4 Å². The number of anilines is 1. The summed E-state index contributed by atoms with van der Waals surface area (Å²) >= 11 is 5.91. The van der Waals surface area contributed by atoms with Crippen LogP contribution in [-0.4, -0.2) is 29.1 Å². The maximum Gasteiger partial charge on any atom is 0.453 e. The monoisotopic (exact) mass is 477 g/mol. The van der Waals surface area contributed by atoms with Crippen LogP contribution in [0.25, 0.3) is 5.69 Å². The van der Waals surface area contributed by atoms with Crippen molar-refractivity contribution in [3.05, 3.63) is 65.0 Å². The number of hydrogen-bond acceptors (Lipinski definition) is 5. The van der Waals surface area contributed by atoms with Gasteiger partial charge in [-0.1, -0.05) is 11.6 Å². The fraction of sp³-hybridized carbons (Fsp3) is 0.118. The molecule has 0 aliphatic rings. The van der Waals surface area contributed by atoms with Gasteiger partial charge in [-0.15, -0.1) is 5.10 Å². The maximum absolute atomic E-state index is 13.3. The molecule has 0 radical (unpaired) electrons. The van der Waals surface area contributed by atoms with E-state index in [9.17, 15) is 30.8 Å². The van der Waals surface area contributed by atoms with Gasteiger partial charge in [-0.05, 0) is 42.0 Å². The molecule has 0 saturated heterocycles. The van der Waals surface area contributed by atoms with Crippen LogP contribution in [0, 0.1) is 5.82 Å². The Morgan fingerprint density at radius 1 is 1.19 bits per heavy atom. The lowest BCUT2D eigenvalue weighted by atomic mass is 10.1. The fourth-order valence-electron chi connectivity index (χ4n) is 2.57. The van der Waals surface area contributed by atoms with E-state index in [0.29, 0.717) is 11.0 Å². The average molecular weight is 478 g/mol. The highest BCUT2D eigenvalue weighted by molar-refractivity contribution is 7.89. The van der Waals surface area contributed by atoms with Gasteiger partial charge in [-0.25, -0.2) is 27.6 Å². The number of alkyl halides is 3. The molecule has 0 bridgehead atoms. The minimum Gasteiger partial charge on any atom is -0.326 e. The summed E-state index contributed by atoms with van der Waals surface area (Å²) < 4.78 is 76.1. The number of carbonyl (C=O) groups excluding carboxylic acids is 1. The van der Waals surface area contributed by atoms with Gasteiger partial charge < -0.3 is 5.32 Å². The van der Waals surface area contributed by atoms with Crippen molar-refractivity contribution >= 4 is 33.2 Å². The quantitative estimate of drug-likeness (QED) is 0.547. The van der Waals surface area contributed by atoms with Crippen molar-refractivity contribution in [3.63, 3.8) is 0 Å². The summed E-state index contributed by atoms with van der Waals surface area (Å²) in [7, 11) is -4.43. The fourth-order valence-corrected chi connectivity index (χ4v) is 3.50. The normalized spacial score (nSPS) is 12.1. The summed E-state index contributed by atoms with van der Waals surface area (Å²) in [6.45, 7) is 0. The first kappa shape index (κ1) is 22.7. The Hall–Kier alpha value is -3.03. The number of nitrogens with one attached hydrogen (secondary N) is 1. The van der Waals surface area contributed by atoms with E-state index in [0.717, 1.165) is 24.3 Å². The van der Waals surface area contributed by atoms with Crippen LogP contribution in [0.15, 0.2) is 47.6 Å². The molecule has 164 valence electrons. The van der Waals surface area contributed by atoms with Crippen LogP contribution in [0.5, 0.6) is 0 Å². The largest absolute Gasteiger partial charge is 0.453 e. The number of aromatic nitrogens is 3. The number of benzene rings is 2. The highest BCUT2D eigenvalue weighted by Crippen LogP contribution is 2.28. The lowest BCUT2D eigenvalue weighted by molar-refractivity contribution is -0.144. The zero-order chi connectivity index (χ0) is 23.0. The first-order valence-electron chi connectivity index (χ1n) is 8.24. The van der Waals surface area contributed by atoms with Crippen molar-refractivity contribution in [1.82, 2.24) is 14.8 Å². The molecule has 1 amide bonds. The molecule has 0 atom stereocenters. The number of primary sulfonamides is 1. The van der Waals surface area contributed by atoms with Crippen LogP contribution < -0.4 is 10.5 Å². The van der Waals surface area contributed by atoms with Gasteiger partial charge in [0.05, 0.1) is 12.1 Å². The number of rotatable bonds is 5. The first-order chi connectivity index (χ1) is 14.3. The predicted octanol–water partition coefficient (Wildman–Crippen LogP) is 2.91. The number of halogens is 5. The van der Waals surface area contributed by atoms with Crippen molar-refractivity contribution in [2.24, 2.45) is 5.14 Å². The molecule has 8 nitrogen and oxygen atoms in total. The molecule has 3 aromatic rings. The van der Waals surface area contributed by atoms with Crippen molar-refractivity contribution in [2.75, 3.05) is 5.32 Å². The average Bonchev–Trinajstić information content (AvgIpc) is 3.14. The summed E-state index contributed by atoms with van der Waals surface area (Å²) in [5.74, 6) is -2.72. The molecule has 3 rings (SSSR count). The summed E-state index contributed by atoms with van der Waals surface area (Å²) in [5.41, 5.74) is -0.136. The Labute approximate surface area is 177 Å². The number of amides is 1. The molecule has 0 spiro atoms. The van der Waals surface area contributed by atoms with Crippen LogP contribution in [0.4, 0.5) is 23.2 Å². The van der Waals surface area contributed by atoms with Gasteiger partial charge in [0.2, 0.25) is 15.9 Å². The van der Waals surface area contributed by atoms with Crippen LogP contribution in [0.3, 0.4) is 0 Å². The lowest BCUT2D eigenvalue weighted by Gasteiger charge is -2.11. The SMILES string of the molecule is NS(=O)(=O)c1cc(NC(=O)Cc2cc(F)ccc2Cl)ccc1-n1cnc(C(F)(F)F)n1. The Morgan fingerprint density at radius 2 is 1.90 bits per heavy atom. The third-order valence-electron chi connectivity index (χ3n) is 3.90. The molecule has 14 heteroatoms. The number of nitrogens with two attached hydrogens (primary N) is 1. The van der Waals surface area contributed by atoms with Crippen LogP contribution in [0.1, 0.15) is 11.4 Å². The maximum atomic E-state index is 13.3. The zero-order valence-electron chi connectivity index (χ0n) is 15.2. The van der Waals surface area contributed by atoms with Crippen LogP contribution in [-0.2, 0) is 27.4 Å². The zero-order valence-corrected chi connectivity index (χ0v) is 16.8. The molecule has 2 aromatic carbocycles. The Bertz CT molecular complexity index is 1260. The molecule has 31 heavy (non-hydrogen) atoms. The molecule has 0 aliphatic heterocycles. The van der Waals surface area contributed by atoms with Crippen molar-refractivity contribution in [2.45, 2.75) is 17.5 Å². The molecule has 1 aromatic heterocycles. The van der Waals surface area contributed by atoms with Gasteiger partial charge in [0.15, 0.2) is 0 Å². The highest BCUT2D eigenvalue weighted by atomic mass is 35.5. The lowest BCUT2D eigenvalue weighted by Crippen LogP contribution is -2.18. The van der Waals surface area contributed by atoms with E-state index in [1.165, 1.54) is 12.1 Å². The van der Waals surface area contributed by atoms with Crippen LogP contribution >= 0.6 is 11.6 Å². The molecule has 0 fully saturated rings. The Morgan fingerprint density at radius 3 is 2.52 bits per heavy atom. The van der Waals surface area contributed by atoms with Crippen molar-refractivity contribution in [3.8, 4) is 5.69 Å². The molecule has 0 unspecified atom stereocenters. The van der Waals surface area contributed by atoms with Gasteiger partial charge in [0, 0.05) is 10.7 Å². The number of hydrogen-bond donors (Lipinski definition) is 2. The molecule has 0 aliphatic carbocycles. The molecule has 1 heterocycles. The van der Waals surface area contributed by atoms with E-state index < -0.39 is 38.6 Å².